The van der Waals surface area contributed by atoms with E-state index < -0.39 is 35.2 Å². The van der Waals surface area contributed by atoms with Gasteiger partial charge in [-0.3, -0.25) is 20.2 Å². The van der Waals surface area contributed by atoms with Gasteiger partial charge in [-0.1, -0.05) is 51.9 Å². The minimum absolute atomic E-state index is 0.0928. The Morgan fingerprint density at radius 1 is 0.508 bits per heavy atom. The van der Waals surface area contributed by atoms with E-state index in [1.807, 2.05) is 0 Å². The molecule has 0 aliphatic heterocycles. The maximum Gasteiger partial charge on any atom is 0.413 e. The van der Waals surface area contributed by atoms with E-state index in [4.69, 9.17) is 14.2 Å². The molecule has 59 heavy (non-hydrogen) atoms. The van der Waals surface area contributed by atoms with E-state index in [0.29, 0.717) is 17.4 Å². The number of nitrogens with zero attached hydrogens (tertiary/aromatic N) is 5. The van der Waals surface area contributed by atoms with Crippen molar-refractivity contribution in [3.8, 4) is 5.75 Å². The van der Waals surface area contributed by atoms with E-state index in [2.05, 4.69) is 53.1 Å². The van der Waals surface area contributed by atoms with Crippen LogP contribution in [-0.2, 0) is 9.47 Å². The predicted molar refractivity (Wildman–Crippen MR) is 227 cm³/mol. The van der Waals surface area contributed by atoms with Crippen LogP contribution in [0, 0.1) is 0 Å². The number of fused-ring (bicyclic) bond motifs is 2. The minimum atomic E-state index is -0.695. The first-order chi connectivity index (χ1) is 28.0. The third-order valence-corrected chi connectivity index (χ3v) is 8.38. The van der Waals surface area contributed by atoms with Gasteiger partial charge in [0, 0.05) is 22.9 Å². The maximum atomic E-state index is 13.7. The molecule has 0 spiro atoms. The third kappa shape index (κ3) is 14.2. The smallest absolute Gasteiger partial charge is 0.413 e. The molecule has 0 saturated carbocycles. The number of hydrogen-bond donors (Lipinski definition) is 4. The molecule has 0 unspecified atom stereocenters. The lowest BCUT2D eigenvalue weighted by Gasteiger charge is -2.19. The zero-order valence-corrected chi connectivity index (χ0v) is 34.7. The predicted octanol–water partition coefficient (Wildman–Crippen LogP) is 9.69. The molecule has 0 fully saturated rings. The average Bonchev–Trinajstić information content (AvgIpc) is 3.15. The summed E-state index contributed by atoms with van der Waals surface area (Å²) < 4.78 is 16.7. The molecule has 5 aromatic heterocycles. The van der Waals surface area contributed by atoms with E-state index in [0.717, 1.165) is 19.3 Å². The minimum Gasteiger partial charge on any atom is -0.493 e. The van der Waals surface area contributed by atoms with Crippen molar-refractivity contribution < 1.29 is 33.4 Å². The van der Waals surface area contributed by atoms with Gasteiger partial charge in [-0.15, -0.1) is 0 Å². The highest BCUT2D eigenvalue weighted by atomic mass is 16.6. The topological polar surface area (TPSA) is 209 Å². The van der Waals surface area contributed by atoms with E-state index in [9.17, 15) is 19.2 Å². The Labute approximate surface area is 343 Å². The van der Waals surface area contributed by atoms with Gasteiger partial charge in [-0.2, -0.15) is 0 Å². The van der Waals surface area contributed by atoms with Crippen LogP contribution in [0.2, 0.25) is 0 Å². The van der Waals surface area contributed by atoms with Crippen LogP contribution in [0.3, 0.4) is 0 Å². The molecule has 0 aliphatic carbocycles. The Bertz CT molecular complexity index is 2140. The standard InChI is InChI=1S/C43H53N9O7/c1-8-9-10-11-12-13-14-15-24-57-29-25-30(38(53)49-32-20-16-27-18-22-34(47-36(27)45-32)51-40(55)58-42(2,3)4)44-31(26-29)39(54)50-33-21-17-28-19-23-35(48-37(28)46-33)52-41(56)59-43(5,6)7/h16-23,25-26H,8-15,24H2,1-7H3,(H2,45,47,49,51,53,55)(H2,46,48,50,52,54,56). The molecule has 0 aliphatic rings. The quantitative estimate of drug-likeness (QED) is 0.0687. The van der Waals surface area contributed by atoms with Gasteiger partial charge in [0.25, 0.3) is 11.8 Å². The molecular weight excluding hydrogens is 755 g/mol. The van der Waals surface area contributed by atoms with Crippen molar-refractivity contribution in [1.29, 1.82) is 0 Å². The molecular formula is C43H53N9O7. The monoisotopic (exact) mass is 807 g/mol. The fourth-order valence-electron chi connectivity index (χ4n) is 5.70. The van der Waals surface area contributed by atoms with Crippen LogP contribution in [0.4, 0.5) is 32.9 Å². The van der Waals surface area contributed by atoms with E-state index in [1.165, 1.54) is 44.2 Å². The lowest BCUT2D eigenvalue weighted by molar-refractivity contribution is 0.0624. The van der Waals surface area contributed by atoms with Gasteiger partial charge in [-0.05, 0) is 96.5 Å². The van der Waals surface area contributed by atoms with Crippen LogP contribution in [0.15, 0.2) is 60.7 Å². The Morgan fingerprint density at radius 2 is 0.881 bits per heavy atom. The zero-order chi connectivity index (χ0) is 42.6. The number of unbranched alkanes of at least 4 members (excludes halogenated alkanes) is 7. The summed E-state index contributed by atoms with van der Waals surface area (Å²) in [6.07, 6.45) is 7.65. The van der Waals surface area contributed by atoms with Crippen LogP contribution < -0.4 is 26.0 Å². The molecule has 0 atom stereocenters. The fourth-order valence-corrected chi connectivity index (χ4v) is 5.70. The van der Waals surface area contributed by atoms with Gasteiger partial charge >= 0.3 is 12.2 Å². The Morgan fingerprint density at radius 3 is 1.27 bits per heavy atom. The second kappa shape index (κ2) is 19.8. The molecule has 312 valence electrons. The fraction of sp³-hybridized carbons (Fsp3) is 0.419. The number of carbonyl (C=O) groups is 4. The number of amides is 4. The number of pyridine rings is 5. The first kappa shape index (κ1) is 43.7. The summed E-state index contributed by atoms with van der Waals surface area (Å²) >= 11 is 0. The summed E-state index contributed by atoms with van der Waals surface area (Å²) in [6, 6.07) is 16.3. The second-order valence-corrected chi connectivity index (χ2v) is 15.9. The van der Waals surface area contributed by atoms with E-state index >= 15 is 0 Å². The number of carbonyl (C=O) groups excluding carboxylic acids is 4. The molecule has 5 heterocycles. The first-order valence-electron chi connectivity index (χ1n) is 19.9. The maximum absolute atomic E-state index is 13.7. The average molecular weight is 808 g/mol. The molecule has 16 nitrogen and oxygen atoms in total. The zero-order valence-electron chi connectivity index (χ0n) is 34.7. The van der Waals surface area contributed by atoms with Gasteiger partial charge in [0.1, 0.15) is 51.6 Å². The number of aromatic nitrogens is 5. The van der Waals surface area contributed by atoms with Crippen LogP contribution in [0.1, 0.15) is 121 Å². The molecule has 4 amide bonds. The van der Waals surface area contributed by atoms with E-state index in [1.54, 1.807) is 90.1 Å². The first-order valence-corrected chi connectivity index (χ1v) is 19.9. The van der Waals surface area contributed by atoms with Crippen molar-refractivity contribution in [2.24, 2.45) is 0 Å². The summed E-state index contributed by atoms with van der Waals surface area (Å²) in [5.74, 6) is -0.247. The Kier molecular flexibility index (Phi) is 14.7. The lowest BCUT2D eigenvalue weighted by Crippen LogP contribution is -2.27. The molecule has 4 N–H and O–H groups in total. The van der Waals surface area contributed by atoms with Gasteiger partial charge in [-0.25, -0.2) is 34.5 Å². The summed E-state index contributed by atoms with van der Waals surface area (Å²) in [4.78, 5) is 74.1. The van der Waals surface area contributed by atoms with Crippen molar-refractivity contribution in [3.63, 3.8) is 0 Å². The van der Waals surface area contributed by atoms with Crippen molar-refractivity contribution in [3.05, 3.63) is 72.1 Å². The van der Waals surface area contributed by atoms with Crippen molar-refractivity contribution in [2.45, 2.75) is 111 Å². The highest BCUT2D eigenvalue weighted by Crippen LogP contribution is 2.22. The lowest BCUT2D eigenvalue weighted by atomic mass is 10.1. The molecule has 0 aromatic carbocycles. The molecule has 0 bridgehead atoms. The van der Waals surface area contributed by atoms with Crippen molar-refractivity contribution in [2.75, 3.05) is 27.9 Å². The summed E-state index contributed by atoms with van der Waals surface area (Å²) in [5.41, 5.74) is -1.05. The Hall–Kier alpha value is -6.45. The number of ether oxygens (including phenoxy) is 3. The molecule has 5 rings (SSSR count). The van der Waals surface area contributed by atoms with Crippen molar-refractivity contribution >= 4 is 69.3 Å². The summed E-state index contributed by atoms with van der Waals surface area (Å²) in [7, 11) is 0. The normalized spacial score (nSPS) is 11.5. The van der Waals surface area contributed by atoms with Gasteiger partial charge in [0.2, 0.25) is 0 Å². The summed E-state index contributed by atoms with van der Waals surface area (Å²) in [6.45, 7) is 13.1. The SMILES string of the molecule is CCCCCCCCCCOc1cc(C(=O)Nc2ccc3ccc(NC(=O)OC(C)(C)C)nc3n2)nc(C(=O)Nc2ccc3ccc(NC(=O)OC(C)(C)C)nc3n2)c1. The van der Waals surface area contributed by atoms with Gasteiger partial charge < -0.3 is 24.8 Å². The number of hydrogen-bond acceptors (Lipinski definition) is 12. The molecule has 16 heteroatoms. The van der Waals surface area contributed by atoms with Crippen LogP contribution in [-0.4, -0.2) is 66.7 Å². The number of nitrogens with one attached hydrogen (secondary N) is 4. The Balaban J connectivity index is 1.33. The summed E-state index contributed by atoms with van der Waals surface area (Å²) in [5, 5.41) is 12.0. The molecule has 0 radical (unpaired) electrons. The number of anilines is 4. The largest absolute Gasteiger partial charge is 0.493 e. The van der Waals surface area contributed by atoms with Gasteiger partial charge in [0.15, 0.2) is 11.3 Å². The van der Waals surface area contributed by atoms with Crippen LogP contribution in [0.5, 0.6) is 5.75 Å². The number of rotatable bonds is 16. The third-order valence-electron chi connectivity index (χ3n) is 8.38. The molecule has 5 aromatic rings. The van der Waals surface area contributed by atoms with E-state index in [-0.39, 0.29) is 51.7 Å². The molecule has 0 saturated heterocycles. The van der Waals surface area contributed by atoms with Crippen LogP contribution >= 0.6 is 0 Å². The highest BCUT2D eigenvalue weighted by molar-refractivity contribution is 6.06. The van der Waals surface area contributed by atoms with Crippen LogP contribution in [0.25, 0.3) is 22.1 Å². The van der Waals surface area contributed by atoms with Crippen molar-refractivity contribution in [1.82, 2.24) is 24.9 Å². The van der Waals surface area contributed by atoms with Gasteiger partial charge in [0.05, 0.1) is 6.61 Å². The highest BCUT2D eigenvalue weighted by Gasteiger charge is 2.20. The second-order valence-electron chi connectivity index (χ2n) is 15.9.